The Bertz CT molecular complexity index is 990. The van der Waals surface area contributed by atoms with Gasteiger partial charge in [-0.05, 0) is 142 Å². The van der Waals surface area contributed by atoms with E-state index in [0.717, 1.165) is 32.5 Å². The molecule has 10 atom stereocenters. The van der Waals surface area contributed by atoms with Crippen LogP contribution in [0.3, 0.4) is 0 Å². The number of esters is 1. The van der Waals surface area contributed by atoms with Crippen molar-refractivity contribution in [2.75, 3.05) is 20.2 Å². The first-order valence-electron chi connectivity index (χ1n) is 16.8. The summed E-state index contributed by atoms with van der Waals surface area (Å²) < 4.78 is 4.92. The van der Waals surface area contributed by atoms with E-state index in [0.29, 0.717) is 58.8 Å². The fourth-order valence-electron chi connectivity index (χ4n) is 10.4. The van der Waals surface area contributed by atoms with Crippen LogP contribution >= 0.6 is 0 Å². The summed E-state index contributed by atoms with van der Waals surface area (Å²) in [5.41, 5.74) is 1.91. The highest BCUT2D eigenvalue weighted by Gasteiger charge is 2.62. The quantitative estimate of drug-likeness (QED) is 0.208. The van der Waals surface area contributed by atoms with Gasteiger partial charge in [0.15, 0.2) is 0 Å². The summed E-state index contributed by atoms with van der Waals surface area (Å²) in [7, 11) is 1.49. The fourth-order valence-corrected chi connectivity index (χ4v) is 10.4. The van der Waals surface area contributed by atoms with Gasteiger partial charge in [-0.15, -0.1) is 0 Å². The van der Waals surface area contributed by atoms with Gasteiger partial charge in [0.1, 0.15) is 0 Å². The van der Waals surface area contributed by atoms with Crippen LogP contribution in [0.15, 0.2) is 24.5 Å². The number of fused-ring (bicyclic) bond motifs is 5. The SMILES string of the molecule is COC(=O)CC[C@@H](C)C1CCC2C3C(CC[C@@]21C)[C@@]1(C)CC[C@@H](NCCCCNCc2cccnc2)C[C@@H]1C[C@H]3O. The molecule has 0 radical (unpaired) electrons. The summed E-state index contributed by atoms with van der Waals surface area (Å²) in [5.74, 6) is 3.47. The van der Waals surface area contributed by atoms with Gasteiger partial charge in [-0.2, -0.15) is 0 Å². The molecule has 230 valence electrons. The number of hydrogen-bond donors (Lipinski definition) is 3. The number of rotatable bonds is 12. The standard InChI is InChI=1S/C35H57N3O3/c1-24(9-12-32(40)41-4)28-10-11-29-33-30(14-16-35(28,29)3)34(2)15-13-27(20-26(34)21-31(33)39)38-19-6-5-17-36-22-25-8-7-18-37-23-25/h7-8,18,23-24,26-31,33,36,38-39H,5-6,9-17,19-22H2,1-4H3/t24-,26-,27-,28?,29?,30?,31-,33?,34+,35-/m1/s1. The lowest BCUT2D eigenvalue weighted by Crippen LogP contribution is -2.59. The number of nitrogens with one attached hydrogen (secondary N) is 2. The van der Waals surface area contributed by atoms with E-state index in [-0.39, 0.29) is 12.1 Å². The van der Waals surface area contributed by atoms with Crippen LogP contribution < -0.4 is 10.6 Å². The Labute approximate surface area is 249 Å². The van der Waals surface area contributed by atoms with Crippen LogP contribution in [0.25, 0.3) is 0 Å². The van der Waals surface area contributed by atoms with Gasteiger partial charge < -0.3 is 20.5 Å². The van der Waals surface area contributed by atoms with Crippen molar-refractivity contribution < 1.29 is 14.6 Å². The smallest absolute Gasteiger partial charge is 0.305 e. The summed E-state index contributed by atoms with van der Waals surface area (Å²) >= 11 is 0. The number of unbranched alkanes of at least 4 members (excludes halogenated alkanes) is 1. The third-order valence-electron chi connectivity index (χ3n) is 12.7. The van der Waals surface area contributed by atoms with E-state index in [1.165, 1.54) is 70.5 Å². The zero-order valence-electron chi connectivity index (χ0n) is 26.2. The summed E-state index contributed by atoms with van der Waals surface area (Å²) in [6, 6.07) is 4.71. The molecule has 41 heavy (non-hydrogen) atoms. The van der Waals surface area contributed by atoms with Crippen molar-refractivity contribution in [1.82, 2.24) is 15.6 Å². The number of pyridine rings is 1. The topological polar surface area (TPSA) is 83.5 Å². The molecule has 4 aliphatic rings. The Morgan fingerprint density at radius 2 is 1.88 bits per heavy atom. The van der Waals surface area contributed by atoms with Crippen LogP contribution in [0.5, 0.6) is 0 Å². The van der Waals surface area contributed by atoms with Gasteiger partial charge in [-0.3, -0.25) is 9.78 Å². The number of aliphatic hydroxyl groups excluding tert-OH is 1. The highest BCUT2D eigenvalue weighted by atomic mass is 16.5. The van der Waals surface area contributed by atoms with Gasteiger partial charge >= 0.3 is 5.97 Å². The van der Waals surface area contributed by atoms with E-state index in [1.54, 1.807) is 0 Å². The second-order valence-electron chi connectivity index (χ2n) is 14.8. The first-order valence-corrected chi connectivity index (χ1v) is 16.8. The molecule has 0 saturated heterocycles. The molecule has 4 aliphatic carbocycles. The summed E-state index contributed by atoms with van der Waals surface area (Å²) in [5, 5.41) is 19.2. The van der Waals surface area contributed by atoms with Crippen molar-refractivity contribution in [1.29, 1.82) is 0 Å². The van der Waals surface area contributed by atoms with Crippen LogP contribution in [0.4, 0.5) is 0 Å². The Hall–Kier alpha value is -1.50. The largest absolute Gasteiger partial charge is 0.469 e. The molecule has 5 rings (SSSR count). The second-order valence-corrected chi connectivity index (χ2v) is 14.8. The maximum absolute atomic E-state index is 11.8. The molecule has 4 saturated carbocycles. The van der Waals surface area contributed by atoms with Gasteiger partial charge in [0.2, 0.25) is 0 Å². The molecule has 0 amide bonds. The number of carbonyl (C=O) groups excluding carboxylic acids is 1. The van der Waals surface area contributed by atoms with Gasteiger partial charge in [0, 0.05) is 31.4 Å². The number of ether oxygens (including phenoxy) is 1. The summed E-state index contributed by atoms with van der Waals surface area (Å²) in [6.45, 7) is 10.5. The van der Waals surface area contributed by atoms with E-state index in [9.17, 15) is 9.90 Å². The molecular weight excluding hydrogens is 510 g/mol. The van der Waals surface area contributed by atoms with Crippen LogP contribution in [0, 0.1) is 46.3 Å². The van der Waals surface area contributed by atoms with Crippen molar-refractivity contribution in [2.24, 2.45) is 46.3 Å². The van der Waals surface area contributed by atoms with Gasteiger partial charge in [0.05, 0.1) is 13.2 Å². The molecule has 4 unspecified atom stereocenters. The predicted octanol–water partition coefficient (Wildman–Crippen LogP) is 6.13. The number of aliphatic hydroxyl groups is 1. The molecule has 0 aromatic carbocycles. The van der Waals surface area contributed by atoms with Gasteiger partial charge in [-0.1, -0.05) is 26.8 Å². The Morgan fingerprint density at radius 3 is 2.66 bits per heavy atom. The zero-order valence-corrected chi connectivity index (χ0v) is 26.2. The average Bonchev–Trinajstić information content (AvgIpc) is 3.33. The lowest BCUT2D eigenvalue weighted by atomic mass is 9.43. The minimum Gasteiger partial charge on any atom is -0.469 e. The van der Waals surface area contributed by atoms with E-state index in [4.69, 9.17) is 4.74 Å². The number of aromatic nitrogens is 1. The Morgan fingerprint density at radius 1 is 1.10 bits per heavy atom. The number of hydrogen-bond acceptors (Lipinski definition) is 6. The molecule has 1 heterocycles. The van der Waals surface area contributed by atoms with Crippen molar-refractivity contribution in [3.63, 3.8) is 0 Å². The molecule has 0 bridgehead atoms. The molecule has 1 aromatic rings. The molecule has 4 fully saturated rings. The van der Waals surface area contributed by atoms with Crippen LogP contribution in [0.2, 0.25) is 0 Å². The molecular formula is C35H57N3O3. The van der Waals surface area contributed by atoms with E-state index >= 15 is 0 Å². The molecule has 1 aromatic heterocycles. The second kappa shape index (κ2) is 13.4. The fraction of sp³-hybridized carbons (Fsp3) is 0.829. The lowest BCUT2D eigenvalue weighted by Gasteiger charge is -2.62. The van der Waals surface area contributed by atoms with Crippen molar-refractivity contribution >= 4 is 5.97 Å². The maximum Gasteiger partial charge on any atom is 0.305 e. The van der Waals surface area contributed by atoms with Crippen molar-refractivity contribution in [3.8, 4) is 0 Å². The highest BCUT2D eigenvalue weighted by Crippen LogP contribution is 2.68. The number of methoxy groups -OCH3 is 1. The highest BCUT2D eigenvalue weighted by molar-refractivity contribution is 5.69. The molecule has 6 heteroatoms. The van der Waals surface area contributed by atoms with E-state index < -0.39 is 0 Å². The summed E-state index contributed by atoms with van der Waals surface area (Å²) in [6.07, 6.45) is 17.3. The first-order chi connectivity index (χ1) is 19.8. The summed E-state index contributed by atoms with van der Waals surface area (Å²) in [4.78, 5) is 16.0. The third-order valence-corrected chi connectivity index (χ3v) is 12.7. The van der Waals surface area contributed by atoms with Crippen LogP contribution in [-0.2, 0) is 16.1 Å². The molecule has 0 spiro atoms. The molecule has 0 aliphatic heterocycles. The minimum absolute atomic E-state index is 0.0826. The van der Waals surface area contributed by atoms with Crippen molar-refractivity contribution in [3.05, 3.63) is 30.1 Å². The van der Waals surface area contributed by atoms with Crippen LogP contribution in [0.1, 0.15) is 103 Å². The lowest BCUT2D eigenvalue weighted by molar-refractivity contribution is -0.167. The van der Waals surface area contributed by atoms with Gasteiger partial charge in [-0.25, -0.2) is 0 Å². The number of nitrogens with zero attached hydrogens (tertiary/aromatic N) is 1. The zero-order chi connectivity index (χ0) is 29.0. The predicted molar refractivity (Wildman–Crippen MR) is 164 cm³/mol. The third kappa shape index (κ3) is 6.55. The Balaban J connectivity index is 1.10. The molecule has 3 N–H and O–H groups in total. The van der Waals surface area contributed by atoms with Gasteiger partial charge in [0.25, 0.3) is 0 Å². The van der Waals surface area contributed by atoms with Crippen LogP contribution in [-0.4, -0.2) is 48.4 Å². The van der Waals surface area contributed by atoms with E-state index in [1.807, 2.05) is 18.5 Å². The maximum atomic E-state index is 11.8. The average molecular weight is 568 g/mol. The normalized spacial score (nSPS) is 38.9. The Kier molecular flexibility index (Phi) is 10.1. The molecule has 6 nitrogen and oxygen atoms in total. The monoisotopic (exact) mass is 567 g/mol. The van der Waals surface area contributed by atoms with Crippen molar-refractivity contribution in [2.45, 2.75) is 117 Å². The van der Waals surface area contributed by atoms with E-state index in [2.05, 4.69) is 42.5 Å². The first kappa shape index (κ1) is 30.9. The number of carbonyl (C=O) groups is 1. The minimum atomic E-state index is -0.156.